The Balaban J connectivity index is 1.29. The largest absolute Gasteiger partial charge is 0.421 e. The Kier molecular flexibility index (Phi) is 4.78. The van der Waals surface area contributed by atoms with Gasteiger partial charge >= 0.3 is 0 Å². The Bertz CT molecular complexity index is 716. The van der Waals surface area contributed by atoms with E-state index in [9.17, 15) is 4.79 Å². The number of hydrogen-bond acceptors (Lipinski definition) is 5. The molecule has 6 heteroatoms. The quantitative estimate of drug-likeness (QED) is 0.836. The summed E-state index contributed by atoms with van der Waals surface area (Å²) in [6, 6.07) is 10.0. The van der Waals surface area contributed by atoms with Crippen LogP contribution in [0.15, 0.2) is 34.7 Å². The zero-order valence-electron chi connectivity index (χ0n) is 14.3. The van der Waals surface area contributed by atoms with Crippen LogP contribution in [0.5, 0.6) is 0 Å². The summed E-state index contributed by atoms with van der Waals surface area (Å²) >= 11 is 0. The third-order valence-electron chi connectivity index (χ3n) is 5.07. The SMILES string of the molecule is O=C(CCCc1nnc(-c2ccccc2)o1)N1CCO[C@H]2CCC[C@H]21. The van der Waals surface area contributed by atoms with Gasteiger partial charge in [0.05, 0.1) is 18.8 Å². The number of benzene rings is 1. The monoisotopic (exact) mass is 341 g/mol. The van der Waals surface area contributed by atoms with Gasteiger partial charge in [-0.1, -0.05) is 18.2 Å². The standard InChI is InChI=1S/C19H23N3O3/c23-18(22-12-13-24-16-9-4-8-15(16)22)11-5-10-17-20-21-19(25-17)14-6-2-1-3-7-14/h1-3,6-7,15-16H,4-5,8-13H2/t15-,16+/m1/s1. The predicted octanol–water partition coefficient (Wildman–Crippen LogP) is 2.84. The minimum atomic E-state index is 0.225. The van der Waals surface area contributed by atoms with E-state index in [2.05, 4.69) is 10.2 Å². The lowest BCUT2D eigenvalue weighted by molar-refractivity contribution is -0.144. The lowest BCUT2D eigenvalue weighted by atomic mass is 10.1. The second-order valence-corrected chi connectivity index (χ2v) is 6.72. The van der Waals surface area contributed by atoms with Gasteiger partial charge in [-0.2, -0.15) is 0 Å². The Labute approximate surface area is 147 Å². The fraction of sp³-hybridized carbons (Fsp3) is 0.526. The van der Waals surface area contributed by atoms with Crippen molar-refractivity contribution < 1.29 is 13.9 Å². The highest BCUT2D eigenvalue weighted by molar-refractivity contribution is 5.76. The lowest BCUT2D eigenvalue weighted by Gasteiger charge is -2.37. The van der Waals surface area contributed by atoms with E-state index in [1.165, 1.54) is 0 Å². The van der Waals surface area contributed by atoms with Crippen molar-refractivity contribution in [1.29, 1.82) is 0 Å². The number of carbonyl (C=O) groups is 1. The first-order valence-corrected chi connectivity index (χ1v) is 9.10. The number of rotatable bonds is 5. The van der Waals surface area contributed by atoms with Crippen molar-refractivity contribution >= 4 is 5.91 Å². The van der Waals surface area contributed by atoms with Crippen LogP contribution >= 0.6 is 0 Å². The summed E-state index contributed by atoms with van der Waals surface area (Å²) in [7, 11) is 0. The van der Waals surface area contributed by atoms with Gasteiger partial charge in [-0.25, -0.2) is 0 Å². The highest BCUT2D eigenvalue weighted by Crippen LogP contribution is 2.30. The topological polar surface area (TPSA) is 68.5 Å². The molecule has 25 heavy (non-hydrogen) atoms. The smallest absolute Gasteiger partial charge is 0.247 e. The molecule has 1 aliphatic carbocycles. The van der Waals surface area contributed by atoms with Crippen LogP contribution in [-0.4, -0.2) is 46.3 Å². The van der Waals surface area contributed by atoms with Gasteiger partial charge in [0.25, 0.3) is 0 Å². The van der Waals surface area contributed by atoms with Gasteiger partial charge in [-0.15, -0.1) is 10.2 Å². The maximum absolute atomic E-state index is 12.6. The van der Waals surface area contributed by atoms with Crippen LogP contribution in [-0.2, 0) is 16.0 Å². The van der Waals surface area contributed by atoms with E-state index in [0.29, 0.717) is 31.2 Å². The van der Waals surface area contributed by atoms with Gasteiger partial charge in [0.2, 0.25) is 17.7 Å². The van der Waals surface area contributed by atoms with Gasteiger partial charge in [-0.05, 0) is 37.8 Å². The van der Waals surface area contributed by atoms with Gasteiger partial charge in [0.15, 0.2) is 0 Å². The molecule has 1 amide bonds. The van der Waals surface area contributed by atoms with Crippen molar-refractivity contribution in [3.05, 3.63) is 36.2 Å². The molecule has 132 valence electrons. The van der Waals surface area contributed by atoms with Crippen LogP contribution in [0, 0.1) is 0 Å². The molecule has 1 saturated carbocycles. The van der Waals surface area contributed by atoms with Gasteiger partial charge in [0, 0.05) is 24.9 Å². The molecule has 2 fully saturated rings. The van der Waals surface area contributed by atoms with E-state index in [-0.39, 0.29) is 18.1 Å². The summed E-state index contributed by atoms with van der Waals surface area (Å²) in [5.41, 5.74) is 0.915. The molecule has 0 radical (unpaired) electrons. The maximum atomic E-state index is 12.6. The highest BCUT2D eigenvalue weighted by atomic mass is 16.5. The number of aryl methyl sites for hydroxylation is 1. The number of hydrogen-bond donors (Lipinski definition) is 0. The molecule has 1 aliphatic heterocycles. The molecule has 2 aromatic rings. The second-order valence-electron chi connectivity index (χ2n) is 6.72. The van der Waals surface area contributed by atoms with Crippen LogP contribution in [0.25, 0.3) is 11.5 Å². The molecular weight excluding hydrogens is 318 g/mol. The van der Waals surface area contributed by atoms with E-state index in [1.807, 2.05) is 35.2 Å². The highest BCUT2D eigenvalue weighted by Gasteiger charge is 2.37. The Morgan fingerprint density at radius 2 is 2.08 bits per heavy atom. The summed E-state index contributed by atoms with van der Waals surface area (Å²) in [6.45, 7) is 1.38. The fourth-order valence-electron chi connectivity index (χ4n) is 3.82. The van der Waals surface area contributed by atoms with Crippen molar-refractivity contribution in [3.63, 3.8) is 0 Å². The van der Waals surface area contributed by atoms with Crippen molar-refractivity contribution in [2.75, 3.05) is 13.2 Å². The van der Waals surface area contributed by atoms with Gasteiger partial charge in [-0.3, -0.25) is 4.79 Å². The minimum Gasteiger partial charge on any atom is -0.421 e. The van der Waals surface area contributed by atoms with Crippen molar-refractivity contribution in [1.82, 2.24) is 15.1 Å². The van der Waals surface area contributed by atoms with Crippen molar-refractivity contribution in [2.24, 2.45) is 0 Å². The number of nitrogens with zero attached hydrogens (tertiary/aromatic N) is 3. The number of morpholine rings is 1. The molecule has 2 aliphatic rings. The average molecular weight is 341 g/mol. The lowest BCUT2D eigenvalue weighted by Crippen LogP contribution is -2.51. The van der Waals surface area contributed by atoms with E-state index < -0.39 is 0 Å². The first-order valence-electron chi connectivity index (χ1n) is 9.10. The molecule has 6 nitrogen and oxygen atoms in total. The average Bonchev–Trinajstić information content (AvgIpc) is 3.31. The Morgan fingerprint density at radius 1 is 1.20 bits per heavy atom. The zero-order chi connectivity index (χ0) is 17.1. The molecule has 2 atom stereocenters. The zero-order valence-corrected chi connectivity index (χ0v) is 14.3. The van der Waals surface area contributed by atoms with Gasteiger partial charge in [0.1, 0.15) is 0 Å². The van der Waals surface area contributed by atoms with Crippen LogP contribution < -0.4 is 0 Å². The first-order chi connectivity index (χ1) is 12.3. The van der Waals surface area contributed by atoms with E-state index in [0.717, 1.165) is 37.8 Å². The second kappa shape index (κ2) is 7.35. The maximum Gasteiger partial charge on any atom is 0.247 e. The van der Waals surface area contributed by atoms with E-state index in [1.54, 1.807) is 0 Å². The number of carbonyl (C=O) groups excluding carboxylic acids is 1. The third-order valence-corrected chi connectivity index (χ3v) is 5.07. The van der Waals surface area contributed by atoms with Crippen LogP contribution in [0.2, 0.25) is 0 Å². The summed E-state index contributed by atoms with van der Waals surface area (Å²) in [5, 5.41) is 8.18. The molecule has 2 heterocycles. The summed E-state index contributed by atoms with van der Waals surface area (Å²) in [5.74, 6) is 1.35. The fourth-order valence-corrected chi connectivity index (χ4v) is 3.82. The molecule has 0 unspecified atom stereocenters. The molecule has 1 saturated heterocycles. The van der Waals surface area contributed by atoms with E-state index >= 15 is 0 Å². The van der Waals surface area contributed by atoms with Crippen LogP contribution in [0.4, 0.5) is 0 Å². The predicted molar refractivity (Wildman–Crippen MR) is 91.8 cm³/mol. The number of aromatic nitrogens is 2. The Morgan fingerprint density at radius 3 is 2.96 bits per heavy atom. The molecule has 1 aromatic heterocycles. The molecule has 0 bridgehead atoms. The number of fused-ring (bicyclic) bond motifs is 1. The first kappa shape index (κ1) is 16.3. The molecule has 0 N–H and O–H groups in total. The number of amides is 1. The van der Waals surface area contributed by atoms with Gasteiger partial charge < -0.3 is 14.1 Å². The van der Waals surface area contributed by atoms with Crippen molar-refractivity contribution in [2.45, 2.75) is 50.7 Å². The van der Waals surface area contributed by atoms with Crippen LogP contribution in [0.1, 0.15) is 38.0 Å². The summed E-state index contributed by atoms with van der Waals surface area (Å²) in [4.78, 5) is 14.6. The normalized spacial score (nSPS) is 22.8. The Hall–Kier alpha value is -2.21. The molecule has 1 aromatic carbocycles. The van der Waals surface area contributed by atoms with Crippen molar-refractivity contribution in [3.8, 4) is 11.5 Å². The molecule has 4 rings (SSSR count). The summed E-state index contributed by atoms with van der Waals surface area (Å²) < 4.78 is 11.5. The third kappa shape index (κ3) is 3.58. The van der Waals surface area contributed by atoms with E-state index in [4.69, 9.17) is 9.15 Å². The molecular formula is C19H23N3O3. The number of ether oxygens (including phenoxy) is 1. The summed E-state index contributed by atoms with van der Waals surface area (Å²) in [6.07, 6.45) is 5.44. The van der Waals surface area contributed by atoms with Crippen LogP contribution in [0.3, 0.4) is 0 Å². The minimum absolute atomic E-state index is 0.225. The molecule has 0 spiro atoms.